The number of fused-ring (bicyclic) bond motifs is 1. The maximum Gasteiger partial charge on any atom is 0.228 e. The quantitative estimate of drug-likeness (QED) is 0.908. The summed E-state index contributed by atoms with van der Waals surface area (Å²) in [5.74, 6) is 0.489. The molecule has 2 heterocycles. The van der Waals surface area contributed by atoms with Gasteiger partial charge in [0.15, 0.2) is 0 Å². The van der Waals surface area contributed by atoms with Crippen LogP contribution in [0.1, 0.15) is 12.0 Å². The summed E-state index contributed by atoms with van der Waals surface area (Å²) >= 11 is 0. The van der Waals surface area contributed by atoms with E-state index in [2.05, 4.69) is 5.32 Å². The first-order valence-electron chi connectivity index (χ1n) is 9.20. The monoisotopic (exact) mass is 365 g/mol. The highest BCUT2D eigenvalue weighted by Gasteiger charge is 2.37. The van der Waals surface area contributed by atoms with E-state index in [0.717, 1.165) is 22.7 Å². The van der Waals surface area contributed by atoms with Gasteiger partial charge in [-0.15, -0.1) is 0 Å². The van der Waals surface area contributed by atoms with Crippen LogP contribution in [0.3, 0.4) is 0 Å². The number of carbonyl (C=O) groups excluding carboxylic acids is 2. The van der Waals surface area contributed by atoms with Crippen LogP contribution in [0.5, 0.6) is 5.75 Å². The normalized spacial score (nSPS) is 19.3. The van der Waals surface area contributed by atoms with E-state index >= 15 is 0 Å². The molecular weight excluding hydrogens is 342 g/mol. The van der Waals surface area contributed by atoms with Gasteiger partial charge in [-0.3, -0.25) is 9.59 Å². The van der Waals surface area contributed by atoms with Crippen molar-refractivity contribution >= 4 is 23.2 Å². The Morgan fingerprint density at radius 3 is 2.70 bits per heavy atom. The lowest BCUT2D eigenvalue weighted by atomic mass is 10.1. The van der Waals surface area contributed by atoms with Crippen LogP contribution < -0.4 is 15.0 Å². The van der Waals surface area contributed by atoms with Gasteiger partial charge in [0.2, 0.25) is 11.8 Å². The van der Waals surface area contributed by atoms with Crippen molar-refractivity contribution < 1.29 is 14.3 Å². The van der Waals surface area contributed by atoms with E-state index in [1.807, 2.05) is 53.4 Å². The maximum atomic E-state index is 13.1. The molecule has 2 aliphatic heterocycles. The van der Waals surface area contributed by atoms with Gasteiger partial charge < -0.3 is 19.9 Å². The summed E-state index contributed by atoms with van der Waals surface area (Å²) in [5, 5.41) is 3.37. The molecule has 2 aromatic rings. The highest BCUT2D eigenvalue weighted by atomic mass is 16.5. The Labute approximate surface area is 158 Å². The summed E-state index contributed by atoms with van der Waals surface area (Å²) in [6, 6.07) is 15.4. The van der Waals surface area contributed by atoms with Crippen LogP contribution in [-0.4, -0.2) is 43.5 Å². The lowest BCUT2D eigenvalue weighted by Crippen LogP contribution is -2.38. The number of amides is 2. The van der Waals surface area contributed by atoms with Crippen molar-refractivity contribution in [2.45, 2.75) is 13.0 Å². The van der Waals surface area contributed by atoms with Gasteiger partial charge in [-0.1, -0.05) is 18.2 Å². The van der Waals surface area contributed by atoms with Crippen molar-refractivity contribution in [2.24, 2.45) is 5.92 Å². The third kappa shape index (κ3) is 3.47. The molecule has 0 radical (unpaired) electrons. The van der Waals surface area contributed by atoms with Gasteiger partial charge in [0.05, 0.1) is 13.0 Å². The molecule has 2 amide bonds. The zero-order chi connectivity index (χ0) is 18.8. The smallest absolute Gasteiger partial charge is 0.228 e. The standard InChI is InChI=1S/C21H23N3O3/c1-27-18-8-6-17(7-9-18)24-14-16(12-20(24)25)21(26)23-11-10-22-19-5-3-2-4-15(19)13-23/h2-9,16,22H,10-14H2,1H3/t16-/m1/s1. The second-order valence-electron chi connectivity index (χ2n) is 6.95. The average molecular weight is 365 g/mol. The third-order valence-electron chi connectivity index (χ3n) is 5.25. The van der Waals surface area contributed by atoms with E-state index in [4.69, 9.17) is 4.74 Å². The van der Waals surface area contributed by atoms with Crippen LogP contribution in [0, 0.1) is 5.92 Å². The fourth-order valence-corrected chi connectivity index (χ4v) is 3.77. The zero-order valence-corrected chi connectivity index (χ0v) is 15.4. The van der Waals surface area contributed by atoms with Crippen LogP contribution in [-0.2, 0) is 16.1 Å². The summed E-state index contributed by atoms with van der Waals surface area (Å²) < 4.78 is 5.17. The zero-order valence-electron chi connectivity index (χ0n) is 15.4. The second kappa shape index (κ2) is 7.31. The van der Waals surface area contributed by atoms with Gasteiger partial charge in [0.1, 0.15) is 5.75 Å². The SMILES string of the molecule is COc1ccc(N2C[C@H](C(=O)N3CCNc4ccccc4C3)CC2=O)cc1. The summed E-state index contributed by atoms with van der Waals surface area (Å²) in [6.45, 7) is 2.36. The van der Waals surface area contributed by atoms with E-state index in [-0.39, 0.29) is 24.2 Å². The van der Waals surface area contributed by atoms with Gasteiger partial charge >= 0.3 is 0 Å². The molecule has 2 aliphatic rings. The molecule has 6 heteroatoms. The number of benzene rings is 2. The van der Waals surface area contributed by atoms with Crippen molar-refractivity contribution in [1.29, 1.82) is 0 Å². The predicted octanol–water partition coefficient (Wildman–Crippen LogP) is 2.50. The van der Waals surface area contributed by atoms with E-state index in [0.29, 0.717) is 26.2 Å². The molecule has 1 atom stereocenters. The molecule has 4 rings (SSSR count). The first-order chi connectivity index (χ1) is 13.2. The minimum Gasteiger partial charge on any atom is -0.497 e. The van der Waals surface area contributed by atoms with Crippen molar-refractivity contribution in [1.82, 2.24) is 4.90 Å². The first kappa shape index (κ1) is 17.4. The Bertz CT molecular complexity index is 850. The number of anilines is 2. The summed E-state index contributed by atoms with van der Waals surface area (Å²) in [4.78, 5) is 29.2. The van der Waals surface area contributed by atoms with Crippen molar-refractivity contribution in [3.05, 3.63) is 54.1 Å². The molecular formula is C21H23N3O3. The number of ether oxygens (including phenoxy) is 1. The van der Waals surface area contributed by atoms with Crippen LogP contribution in [0.4, 0.5) is 11.4 Å². The average Bonchev–Trinajstić information content (AvgIpc) is 2.96. The highest BCUT2D eigenvalue weighted by Crippen LogP contribution is 2.29. The molecule has 0 spiro atoms. The predicted molar refractivity (Wildman–Crippen MR) is 104 cm³/mol. The van der Waals surface area contributed by atoms with Gasteiger partial charge in [-0.2, -0.15) is 0 Å². The Balaban J connectivity index is 1.47. The molecule has 0 bridgehead atoms. The van der Waals surface area contributed by atoms with Crippen molar-refractivity contribution in [3.63, 3.8) is 0 Å². The van der Waals surface area contributed by atoms with Crippen molar-refractivity contribution in [2.75, 3.05) is 37.0 Å². The lowest BCUT2D eigenvalue weighted by Gasteiger charge is -2.24. The van der Waals surface area contributed by atoms with E-state index < -0.39 is 0 Å². The number of nitrogens with zero attached hydrogens (tertiary/aromatic N) is 2. The van der Waals surface area contributed by atoms with E-state index in [9.17, 15) is 9.59 Å². The molecule has 0 aliphatic carbocycles. The molecule has 1 fully saturated rings. The van der Waals surface area contributed by atoms with Gasteiger partial charge in [0.25, 0.3) is 0 Å². The molecule has 0 unspecified atom stereocenters. The molecule has 0 saturated carbocycles. The van der Waals surface area contributed by atoms with Crippen LogP contribution in [0.25, 0.3) is 0 Å². The first-order valence-corrected chi connectivity index (χ1v) is 9.20. The molecule has 140 valence electrons. The minimum absolute atomic E-state index is 0.00753. The van der Waals surface area contributed by atoms with Crippen LogP contribution >= 0.6 is 0 Å². The maximum absolute atomic E-state index is 13.1. The van der Waals surface area contributed by atoms with E-state index in [1.165, 1.54) is 0 Å². The summed E-state index contributed by atoms with van der Waals surface area (Å²) in [5.41, 5.74) is 2.99. The summed E-state index contributed by atoms with van der Waals surface area (Å²) in [6.07, 6.45) is 0.260. The fourth-order valence-electron chi connectivity index (χ4n) is 3.77. The molecule has 27 heavy (non-hydrogen) atoms. The van der Waals surface area contributed by atoms with Crippen LogP contribution in [0.15, 0.2) is 48.5 Å². The number of rotatable bonds is 3. The Morgan fingerprint density at radius 2 is 1.93 bits per heavy atom. The molecule has 1 N–H and O–H groups in total. The minimum atomic E-state index is -0.301. The Morgan fingerprint density at radius 1 is 1.15 bits per heavy atom. The number of hydrogen-bond donors (Lipinski definition) is 1. The number of nitrogens with one attached hydrogen (secondary N) is 1. The van der Waals surface area contributed by atoms with Crippen LogP contribution in [0.2, 0.25) is 0 Å². The molecule has 6 nitrogen and oxygen atoms in total. The molecule has 1 saturated heterocycles. The van der Waals surface area contributed by atoms with Gasteiger partial charge in [0, 0.05) is 44.0 Å². The highest BCUT2D eigenvalue weighted by molar-refractivity contribution is 6.00. The lowest BCUT2D eigenvalue weighted by molar-refractivity contribution is -0.136. The second-order valence-corrected chi connectivity index (χ2v) is 6.95. The summed E-state index contributed by atoms with van der Waals surface area (Å²) in [7, 11) is 1.61. The number of methoxy groups -OCH3 is 1. The fraction of sp³-hybridized carbons (Fsp3) is 0.333. The van der Waals surface area contributed by atoms with E-state index in [1.54, 1.807) is 12.0 Å². The molecule has 0 aromatic heterocycles. The Hall–Kier alpha value is -3.02. The Kier molecular flexibility index (Phi) is 4.71. The van der Waals surface area contributed by atoms with Crippen molar-refractivity contribution in [3.8, 4) is 5.75 Å². The van der Waals surface area contributed by atoms with Gasteiger partial charge in [-0.05, 0) is 35.9 Å². The number of hydrogen-bond acceptors (Lipinski definition) is 4. The largest absolute Gasteiger partial charge is 0.497 e. The number of carbonyl (C=O) groups is 2. The molecule has 2 aromatic carbocycles. The topological polar surface area (TPSA) is 61.9 Å². The van der Waals surface area contributed by atoms with Gasteiger partial charge in [-0.25, -0.2) is 0 Å². The third-order valence-corrected chi connectivity index (χ3v) is 5.25. The number of para-hydroxylation sites is 1.